The Balaban J connectivity index is 2.52. The van der Waals surface area contributed by atoms with Gasteiger partial charge >= 0.3 is 0 Å². The lowest BCUT2D eigenvalue weighted by Gasteiger charge is -2.01. The zero-order valence-electron chi connectivity index (χ0n) is 8.70. The summed E-state index contributed by atoms with van der Waals surface area (Å²) in [6.45, 7) is 2.43. The average Bonchev–Trinajstić information content (AvgIpc) is 2.73. The van der Waals surface area contributed by atoms with Gasteiger partial charge in [0, 0.05) is 0 Å². The van der Waals surface area contributed by atoms with Crippen LogP contribution in [0.1, 0.15) is 17.6 Å². The average molecular weight is 284 g/mol. The van der Waals surface area contributed by atoms with Crippen molar-refractivity contribution in [1.82, 2.24) is 4.98 Å². The molecule has 1 aromatic heterocycles. The molecule has 0 radical (unpaired) electrons. The molecule has 0 saturated heterocycles. The lowest BCUT2D eigenvalue weighted by molar-refractivity contribution is 0.0989. The summed E-state index contributed by atoms with van der Waals surface area (Å²) in [6, 6.07) is 5.39. The summed E-state index contributed by atoms with van der Waals surface area (Å²) in [5, 5.41) is 0.198. The summed E-state index contributed by atoms with van der Waals surface area (Å²) in [5.41, 5.74) is 1.16. The number of halogens is 1. The van der Waals surface area contributed by atoms with Crippen molar-refractivity contribution in [3.8, 4) is 5.75 Å². The van der Waals surface area contributed by atoms with E-state index < -0.39 is 0 Å². The van der Waals surface area contributed by atoms with Crippen molar-refractivity contribution in [3.63, 3.8) is 0 Å². The molecule has 5 heteroatoms. The summed E-state index contributed by atoms with van der Waals surface area (Å²) in [4.78, 5) is 15.5. The molecule has 4 nitrogen and oxygen atoms in total. The number of ketones is 1. The SMILES string of the molecule is CCOc1cccc2nc(C(=O)CBr)oc12. The number of fused-ring (bicyclic) bond motifs is 1. The first-order valence-electron chi connectivity index (χ1n) is 4.87. The van der Waals surface area contributed by atoms with Gasteiger partial charge in [-0.25, -0.2) is 4.98 Å². The van der Waals surface area contributed by atoms with E-state index in [0.717, 1.165) is 0 Å². The smallest absolute Gasteiger partial charge is 0.265 e. The van der Waals surface area contributed by atoms with Crippen molar-refractivity contribution in [1.29, 1.82) is 0 Å². The number of hydrogen-bond donors (Lipinski definition) is 0. The Hall–Kier alpha value is -1.36. The highest BCUT2D eigenvalue weighted by Crippen LogP contribution is 2.26. The highest BCUT2D eigenvalue weighted by molar-refractivity contribution is 9.09. The number of benzene rings is 1. The second kappa shape index (κ2) is 4.65. The molecule has 84 valence electrons. The number of ether oxygens (including phenoxy) is 1. The zero-order valence-corrected chi connectivity index (χ0v) is 10.3. The van der Waals surface area contributed by atoms with Crippen molar-refractivity contribution < 1.29 is 13.9 Å². The number of carbonyl (C=O) groups excluding carboxylic acids is 1. The van der Waals surface area contributed by atoms with Gasteiger partial charge in [0.15, 0.2) is 11.3 Å². The Morgan fingerprint density at radius 3 is 3.06 bits per heavy atom. The second-order valence-electron chi connectivity index (χ2n) is 3.11. The molecule has 2 aromatic rings. The summed E-state index contributed by atoms with van der Waals surface area (Å²) >= 11 is 3.08. The first-order chi connectivity index (χ1) is 7.76. The maximum Gasteiger partial charge on any atom is 0.265 e. The normalized spacial score (nSPS) is 10.6. The Bertz CT molecular complexity index is 521. The number of hydrogen-bond acceptors (Lipinski definition) is 4. The van der Waals surface area contributed by atoms with Gasteiger partial charge in [0.25, 0.3) is 5.89 Å². The summed E-state index contributed by atoms with van der Waals surface area (Å²) in [5.74, 6) is 0.541. The van der Waals surface area contributed by atoms with Crippen LogP contribution >= 0.6 is 15.9 Å². The fourth-order valence-electron chi connectivity index (χ4n) is 1.37. The second-order valence-corrected chi connectivity index (χ2v) is 3.67. The molecule has 1 aromatic carbocycles. The molecule has 2 rings (SSSR count). The molecular weight excluding hydrogens is 274 g/mol. The molecule has 0 unspecified atom stereocenters. The molecule has 0 atom stereocenters. The van der Waals surface area contributed by atoms with Crippen LogP contribution in [0, 0.1) is 0 Å². The fraction of sp³-hybridized carbons (Fsp3) is 0.273. The zero-order chi connectivity index (χ0) is 11.5. The molecule has 0 aliphatic heterocycles. The van der Waals surface area contributed by atoms with Gasteiger partial charge in [-0.2, -0.15) is 0 Å². The maximum absolute atomic E-state index is 11.4. The Labute approximate surface area is 101 Å². The number of rotatable bonds is 4. The first-order valence-corrected chi connectivity index (χ1v) is 6.00. The monoisotopic (exact) mass is 283 g/mol. The summed E-state index contributed by atoms with van der Waals surface area (Å²) in [7, 11) is 0. The van der Waals surface area contributed by atoms with E-state index in [1.54, 1.807) is 12.1 Å². The Kier molecular flexibility index (Phi) is 3.24. The largest absolute Gasteiger partial charge is 0.490 e. The molecule has 0 aliphatic carbocycles. The molecule has 0 bridgehead atoms. The maximum atomic E-state index is 11.4. The molecular formula is C11H10BrNO3. The standard InChI is InChI=1S/C11H10BrNO3/c1-2-15-9-5-3-4-7-10(9)16-11(13-7)8(14)6-12/h3-5H,2,6H2,1H3. The molecule has 0 amide bonds. The highest BCUT2D eigenvalue weighted by atomic mass is 79.9. The fourth-order valence-corrected chi connectivity index (χ4v) is 1.61. The van der Waals surface area contributed by atoms with Gasteiger partial charge in [0.05, 0.1) is 11.9 Å². The minimum atomic E-state index is -0.182. The topological polar surface area (TPSA) is 52.3 Å². The lowest BCUT2D eigenvalue weighted by Crippen LogP contribution is -1.99. The van der Waals surface area contributed by atoms with Crippen molar-refractivity contribution in [2.24, 2.45) is 0 Å². The number of alkyl halides is 1. The van der Waals surface area contributed by atoms with Gasteiger partial charge in [0.1, 0.15) is 5.52 Å². The van der Waals surface area contributed by atoms with Crippen molar-refractivity contribution >= 4 is 32.8 Å². The van der Waals surface area contributed by atoms with Crippen LogP contribution in [0.2, 0.25) is 0 Å². The minimum absolute atomic E-state index is 0.110. The molecule has 1 heterocycles. The predicted octanol–water partition coefficient (Wildman–Crippen LogP) is 2.80. The summed E-state index contributed by atoms with van der Waals surface area (Å²) < 4.78 is 10.8. The van der Waals surface area contributed by atoms with Crippen molar-refractivity contribution in [2.75, 3.05) is 11.9 Å². The molecule has 0 N–H and O–H groups in total. The van der Waals surface area contributed by atoms with Crippen molar-refractivity contribution in [2.45, 2.75) is 6.92 Å². The van der Waals surface area contributed by atoms with Crippen LogP contribution in [0.5, 0.6) is 5.75 Å². The number of carbonyl (C=O) groups is 1. The number of Topliss-reactive ketones (excluding diaryl/α,β-unsaturated/α-hetero) is 1. The minimum Gasteiger partial charge on any atom is -0.490 e. The van der Waals surface area contributed by atoms with Crippen LogP contribution in [0.15, 0.2) is 22.6 Å². The third kappa shape index (κ3) is 1.95. The number of oxazole rings is 1. The third-order valence-electron chi connectivity index (χ3n) is 2.04. The van der Waals surface area contributed by atoms with Crippen LogP contribution in [0.4, 0.5) is 0 Å². The first kappa shape index (κ1) is 11.1. The van der Waals surface area contributed by atoms with Crippen LogP contribution < -0.4 is 4.74 Å². The van der Waals surface area contributed by atoms with Crippen molar-refractivity contribution in [3.05, 3.63) is 24.1 Å². The van der Waals surface area contributed by atoms with E-state index in [1.165, 1.54) is 0 Å². The van der Waals surface area contributed by atoms with E-state index in [0.29, 0.717) is 23.5 Å². The van der Waals surface area contributed by atoms with Gasteiger partial charge in [0.2, 0.25) is 5.78 Å². The van der Waals surface area contributed by atoms with E-state index >= 15 is 0 Å². The van der Waals surface area contributed by atoms with Gasteiger partial charge in [-0.15, -0.1) is 0 Å². The Morgan fingerprint density at radius 1 is 1.56 bits per heavy atom. The van der Waals surface area contributed by atoms with Gasteiger partial charge < -0.3 is 9.15 Å². The molecule has 0 saturated carbocycles. The van der Waals surface area contributed by atoms with Crippen LogP contribution in [0.3, 0.4) is 0 Å². The Morgan fingerprint density at radius 2 is 2.38 bits per heavy atom. The van der Waals surface area contributed by atoms with E-state index in [4.69, 9.17) is 9.15 Å². The number of aromatic nitrogens is 1. The van der Waals surface area contributed by atoms with Crippen LogP contribution in [0.25, 0.3) is 11.1 Å². The van der Waals surface area contributed by atoms with Crippen LogP contribution in [-0.4, -0.2) is 22.7 Å². The third-order valence-corrected chi connectivity index (χ3v) is 2.55. The number of nitrogens with zero attached hydrogens (tertiary/aromatic N) is 1. The summed E-state index contributed by atoms with van der Waals surface area (Å²) in [6.07, 6.45) is 0. The van der Waals surface area contributed by atoms with Gasteiger partial charge in [-0.1, -0.05) is 22.0 Å². The van der Waals surface area contributed by atoms with E-state index in [1.807, 2.05) is 13.0 Å². The molecule has 0 fully saturated rings. The van der Waals surface area contributed by atoms with Crippen LogP contribution in [-0.2, 0) is 0 Å². The predicted molar refractivity (Wildman–Crippen MR) is 63.3 cm³/mol. The molecule has 0 spiro atoms. The number of para-hydroxylation sites is 1. The molecule has 16 heavy (non-hydrogen) atoms. The van der Waals surface area contributed by atoms with E-state index in [-0.39, 0.29) is 17.0 Å². The lowest BCUT2D eigenvalue weighted by atomic mass is 10.3. The highest BCUT2D eigenvalue weighted by Gasteiger charge is 2.15. The van der Waals surface area contributed by atoms with E-state index in [2.05, 4.69) is 20.9 Å². The van der Waals surface area contributed by atoms with Gasteiger partial charge in [-0.05, 0) is 19.1 Å². The van der Waals surface area contributed by atoms with E-state index in [9.17, 15) is 4.79 Å². The quantitative estimate of drug-likeness (QED) is 0.640. The van der Waals surface area contributed by atoms with Gasteiger partial charge in [-0.3, -0.25) is 4.79 Å². The molecule has 0 aliphatic rings.